The lowest BCUT2D eigenvalue weighted by Gasteiger charge is -2.08. The molecule has 2 rings (SSSR count). The zero-order valence-electron chi connectivity index (χ0n) is 10.7. The molecule has 0 aromatic heterocycles. The molecular formula is C14H10F2N2O2S. The van der Waals surface area contributed by atoms with Gasteiger partial charge in [-0.2, -0.15) is 5.26 Å². The van der Waals surface area contributed by atoms with Crippen LogP contribution in [-0.2, 0) is 15.6 Å². The van der Waals surface area contributed by atoms with E-state index in [2.05, 4.69) is 0 Å². The largest absolute Gasteiger partial charge is 0.398 e. The molecular weight excluding hydrogens is 298 g/mol. The Labute approximate surface area is 120 Å². The summed E-state index contributed by atoms with van der Waals surface area (Å²) in [7, 11) is -3.95. The molecule has 2 aromatic rings. The maximum atomic E-state index is 13.7. The van der Waals surface area contributed by atoms with E-state index < -0.39 is 27.2 Å². The molecule has 4 nitrogen and oxygen atoms in total. The number of hydrogen-bond donors (Lipinski definition) is 1. The van der Waals surface area contributed by atoms with Gasteiger partial charge in [-0.15, -0.1) is 0 Å². The lowest BCUT2D eigenvalue weighted by Crippen LogP contribution is -2.09. The van der Waals surface area contributed by atoms with Gasteiger partial charge < -0.3 is 5.73 Å². The van der Waals surface area contributed by atoms with Crippen molar-refractivity contribution in [2.24, 2.45) is 0 Å². The molecule has 2 aromatic carbocycles. The van der Waals surface area contributed by atoms with Crippen molar-refractivity contribution in [2.45, 2.75) is 10.6 Å². The molecule has 2 N–H and O–H groups in total. The molecule has 0 spiro atoms. The fourth-order valence-electron chi connectivity index (χ4n) is 1.84. The second-order valence-corrected chi connectivity index (χ2v) is 6.32. The number of nitrogens with zero attached hydrogens (tertiary/aromatic N) is 1. The van der Waals surface area contributed by atoms with Crippen LogP contribution in [0.15, 0.2) is 41.3 Å². The van der Waals surface area contributed by atoms with Crippen LogP contribution in [0, 0.1) is 23.0 Å². The first-order valence-electron chi connectivity index (χ1n) is 5.80. The summed E-state index contributed by atoms with van der Waals surface area (Å²) in [6.45, 7) is 0. The first-order valence-corrected chi connectivity index (χ1v) is 7.45. The Morgan fingerprint density at radius 1 is 1.14 bits per heavy atom. The molecule has 7 heteroatoms. The molecule has 0 amide bonds. The number of halogens is 2. The van der Waals surface area contributed by atoms with E-state index in [9.17, 15) is 17.2 Å². The molecule has 108 valence electrons. The van der Waals surface area contributed by atoms with Crippen molar-refractivity contribution in [2.75, 3.05) is 5.73 Å². The van der Waals surface area contributed by atoms with E-state index in [0.29, 0.717) is 0 Å². The monoisotopic (exact) mass is 308 g/mol. The number of hydrogen-bond acceptors (Lipinski definition) is 4. The van der Waals surface area contributed by atoms with Crippen molar-refractivity contribution in [1.29, 1.82) is 5.26 Å². The third-order valence-corrected chi connectivity index (χ3v) is 4.56. The van der Waals surface area contributed by atoms with Crippen molar-refractivity contribution in [3.05, 3.63) is 59.2 Å². The topological polar surface area (TPSA) is 84.0 Å². The molecule has 0 aliphatic rings. The third kappa shape index (κ3) is 3.17. The number of nitriles is 1. The Bertz CT molecular complexity index is 843. The van der Waals surface area contributed by atoms with Crippen LogP contribution >= 0.6 is 0 Å². The minimum Gasteiger partial charge on any atom is -0.398 e. The van der Waals surface area contributed by atoms with Crippen LogP contribution in [0.5, 0.6) is 0 Å². The Balaban J connectivity index is 2.45. The highest BCUT2D eigenvalue weighted by molar-refractivity contribution is 7.90. The standard InChI is InChI=1S/C14H10F2N2O2S/c15-11-2-4-14(13(18)6-11)21(19,20)8-10-5-9(7-17)1-3-12(10)16/h1-6H,8,18H2. The average molecular weight is 308 g/mol. The van der Waals surface area contributed by atoms with Crippen molar-refractivity contribution in [3.63, 3.8) is 0 Å². The number of benzene rings is 2. The van der Waals surface area contributed by atoms with E-state index in [0.717, 1.165) is 30.3 Å². The quantitative estimate of drug-likeness (QED) is 0.697. The highest BCUT2D eigenvalue weighted by Crippen LogP contribution is 2.24. The van der Waals surface area contributed by atoms with Gasteiger partial charge in [0.15, 0.2) is 9.84 Å². The predicted molar refractivity (Wildman–Crippen MR) is 72.8 cm³/mol. The molecule has 0 fully saturated rings. The summed E-state index contributed by atoms with van der Waals surface area (Å²) in [6, 6.07) is 8.12. The first-order chi connectivity index (χ1) is 9.83. The Hall–Kier alpha value is -2.46. The SMILES string of the molecule is N#Cc1ccc(F)c(CS(=O)(=O)c2ccc(F)cc2N)c1. The minimum atomic E-state index is -3.95. The lowest BCUT2D eigenvalue weighted by atomic mass is 10.1. The number of anilines is 1. The maximum absolute atomic E-state index is 13.7. The summed E-state index contributed by atoms with van der Waals surface area (Å²) in [4.78, 5) is -0.273. The van der Waals surface area contributed by atoms with Gasteiger partial charge in [-0.25, -0.2) is 17.2 Å². The van der Waals surface area contributed by atoms with E-state index in [-0.39, 0.29) is 21.7 Å². The fourth-order valence-corrected chi connectivity index (χ4v) is 3.32. The molecule has 0 bridgehead atoms. The zero-order valence-corrected chi connectivity index (χ0v) is 11.5. The summed E-state index contributed by atoms with van der Waals surface area (Å²) in [5, 5.41) is 8.76. The van der Waals surface area contributed by atoms with Gasteiger partial charge in [-0.1, -0.05) is 0 Å². The Kier molecular flexibility index (Phi) is 3.91. The summed E-state index contributed by atoms with van der Waals surface area (Å²) in [5.74, 6) is -2.06. The van der Waals surface area contributed by atoms with Crippen molar-refractivity contribution >= 4 is 15.5 Å². The van der Waals surface area contributed by atoms with Gasteiger partial charge in [0, 0.05) is 5.56 Å². The predicted octanol–water partition coefficient (Wildman–Crippen LogP) is 2.39. The van der Waals surface area contributed by atoms with E-state index in [1.165, 1.54) is 6.07 Å². The molecule has 0 atom stereocenters. The molecule has 0 heterocycles. The normalized spacial score (nSPS) is 11.1. The summed E-state index contributed by atoms with van der Waals surface area (Å²) >= 11 is 0. The second kappa shape index (κ2) is 5.50. The molecule has 21 heavy (non-hydrogen) atoms. The van der Waals surface area contributed by atoms with Gasteiger partial charge in [0.1, 0.15) is 11.6 Å². The van der Waals surface area contributed by atoms with Gasteiger partial charge in [-0.3, -0.25) is 0 Å². The van der Waals surface area contributed by atoms with Crippen molar-refractivity contribution in [1.82, 2.24) is 0 Å². The first kappa shape index (κ1) is 14.9. The summed E-state index contributed by atoms with van der Waals surface area (Å²) in [6.07, 6.45) is 0. The minimum absolute atomic E-state index is 0.141. The van der Waals surface area contributed by atoms with E-state index in [1.54, 1.807) is 6.07 Å². The molecule has 0 saturated carbocycles. The average Bonchev–Trinajstić information content (AvgIpc) is 2.40. The van der Waals surface area contributed by atoms with Crippen LogP contribution in [0.2, 0.25) is 0 Å². The highest BCUT2D eigenvalue weighted by atomic mass is 32.2. The van der Waals surface area contributed by atoms with Gasteiger partial charge in [0.2, 0.25) is 0 Å². The van der Waals surface area contributed by atoms with Gasteiger partial charge in [0.05, 0.1) is 28.0 Å². The third-order valence-electron chi connectivity index (χ3n) is 2.83. The molecule has 0 aliphatic heterocycles. The lowest BCUT2D eigenvalue weighted by molar-refractivity contribution is 0.586. The van der Waals surface area contributed by atoms with E-state index in [4.69, 9.17) is 11.0 Å². The smallest absolute Gasteiger partial charge is 0.184 e. The van der Waals surface area contributed by atoms with Crippen LogP contribution in [0.25, 0.3) is 0 Å². The fraction of sp³-hybridized carbons (Fsp3) is 0.0714. The Morgan fingerprint density at radius 3 is 2.48 bits per heavy atom. The maximum Gasteiger partial charge on any atom is 0.184 e. The van der Waals surface area contributed by atoms with Gasteiger partial charge in [-0.05, 0) is 36.4 Å². The number of sulfone groups is 1. The van der Waals surface area contributed by atoms with Gasteiger partial charge in [0.25, 0.3) is 0 Å². The highest BCUT2D eigenvalue weighted by Gasteiger charge is 2.21. The second-order valence-electron chi connectivity index (χ2n) is 4.36. The Morgan fingerprint density at radius 2 is 1.86 bits per heavy atom. The number of rotatable bonds is 3. The van der Waals surface area contributed by atoms with Crippen LogP contribution in [0.4, 0.5) is 14.5 Å². The summed E-state index contributed by atoms with van der Waals surface area (Å²) in [5.41, 5.74) is 5.25. The molecule has 0 aliphatic carbocycles. The molecule has 0 radical (unpaired) electrons. The zero-order chi connectivity index (χ0) is 15.6. The van der Waals surface area contributed by atoms with Crippen molar-refractivity contribution in [3.8, 4) is 6.07 Å². The van der Waals surface area contributed by atoms with Crippen LogP contribution in [0.1, 0.15) is 11.1 Å². The summed E-state index contributed by atoms with van der Waals surface area (Å²) < 4.78 is 51.1. The number of nitrogens with two attached hydrogens (primary N) is 1. The van der Waals surface area contributed by atoms with Crippen molar-refractivity contribution < 1.29 is 17.2 Å². The van der Waals surface area contributed by atoms with Crippen LogP contribution in [0.3, 0.4) is 0 Å². The van der Waals surface area contributed by atoms with E-state index >= 15 is 0 Å². The van der Waals surface area contributed by atoms with E-state index in [1.807, 2.05) is 0 Å². The number of nitrogen functional groups attached to an aromatic ring is 1. The van der Waals surface area contributed by atoms with Crippen LogP contribution < -0.4 is 5.73 Å². The molecule has 0 unspecified atom stereocenters. The van der Waals surface area contributed by atoms with Crippen LogP contribution in [-0.4, -0.2) is 8.42 Å². The van der Waals surface area contributed by atoms with Gasteiger partial charge >= 0.3 is 0 Å². The molecule has 0 saturated heterocycles.